The molecule has 1 fully saturated rings. The van der Waals surface area contributed by atoms with Crippen LogP contribution in [0.15, 0.2) is 0 Å². The topological polar surface area (TPSA) is 65.4 Å². The van der Waals surface area contributed by atoms with Crippen LogP contribution in [0.2, 0.25) is 0 Å². The molecule has 100 valence electrons. The summed E-state index contributed by atoms with van der Waals surface area (Å²) in [5.74, 6) is 0.415. The molecule has 2 unspecified atom stereocenters. The highest BCUT2D eigenvalue weighted by molar-refractivity contribution is 5.74. The third-order valence-corrected chi connectivity index (χ3v) is 3.50. The predicted molar refractivity (Wildman–Crippen MR) is 65.6 cm³/mol. The molecule has 0 spiro atoms. The van der Waals surface area contributed by atoms with Gasteiger partial charge in [-0.2, -0.15) is 5.10 Å². The number of hydrogen-bond donors (Lipinski definition) is 1. The fraction of sp³-hybridized carbons (Fsp3) is 0.667. The molecule has 2 atom stereocenters. The monoisotopic (exact) mass is 253 g/mol. The van der Waals surface area contributed by atoms with Crippen LogP contribution in [-0.2, 0) is 16.6 Å². The van der Waals surface area contributed by atoms with Crippen molar-refractivity contribution in [2.24, 2.45) is 13.0 Å². The Morgan fingerprint density at radius 1 is 1.44 bits per heavy atom. The van der Waals surface area contributed by atoms with Gasteiger partial charge in [-0.3, -0.25) is 4.79 Å². The van der Waals surface area contributed by atoms with E-state index >= 15 is 0 Å². The molecule has 0 aliphatic carbocycles. The normalized spacial score (nSPS) is 23.1. The first-order chi connectivity index (χ1) is 8.60. The van der Waals surface area contributed by atoms with Crippen LogP contribution in [0.3, 0.4) is 0 Å². The number of aryl methyl sites for hydroxylation is 2. The van der Waals surface area contributed by atoms with Gasteiger partial charge in [0, 0.05) is 31.6 Å². The Kier molecular flexibility index (Phi) is 3.56. The molecule has 1 aromatic rings. The molecule has 0 saturated carbocycles. The van der Waals surface area contributed by atoms with Crippen LogP contribution in [0.4, 0.5) is 0 Å². The Bertz CT molecular complexity index is 456. The lowest BCUT2D eigenvalue weighted by Gasteiger charge is -2.17. The zero-order valence-electron chi connectivity index (χ0n) is 11.2. The summed E-state index contributed by atoms with van der Waals surface area (Å²) in [5.41, 5.74) is 1.90. The highest BCUT2D eigenvalue weighted by Crippen LogP contribution is 2.36. The fourth-order valence-corrected chi connectivity index (χ4v) is 2.70. The second-order valence-corrected chi connectivity index (χ2v) is 4.53. The molecule has 6 nitrogen and oxygen atoms in total. The first kappa shape index (κ1) is 12.9. The van der Waals surface area contributed by atoms with E-state index in [-0.39, 0.29) is 17.8 Å². The van der Waals surface area contributed by atoms with E-state index in [4.69, 9.17) is 9.47 Å². The highest BCUT2D eigenvalue weighted by Gasteiger charge is 2.38. The smallest absolute Gasteiger partial charge is 0.310 e. The fourth-order valence-electron chi connectivity index (χ4n) is 2.70. The molecule has 18 heavy (non-hydrogen) atoms. The Hall–Kier alpha value is -1.56. The van der Waals surface area contributed by atoms with E-state index in [0.29, 0.717) is 6.54 Å². The Labute approximate surface area is 106 Å². The number of nitrogens with one attached hydrogen (secondary N) is 1. The van der Waals surface area contributed by atoms with Gasteiger partial charge in [-0.15, -0.1) is 0 Å². The van der Waals surface area contributed by atoms with E-state index < -0.39 is 0 Å². The summed E-state index contributed by atoms with van der Waals surface area (Å²) in [4.78, 5) is 11.8. The molecule has 0 amide bonds. The highest BCUT2D eigenvalue weighted by atomic mass is 16.5. The number of hydrogen-bond acceptors (Lipinski definition) is 5. The minimum atomic E-state index is -0.185. The molecule has 0 aromatic carbocycles. The molecule has 2 rings (SSSR count). The molecular weight excluding hydrogens is 234 g/mol. The molecule has 0 radical (unpaired) electrons. The molecule has 2 heterocycles. The van der Waals surface area contributed by atoms with Crippen molar-refractivity contribution in [2.75, 3.05) is 27.3 Å². The Morgan fingerprint density at radius 3 is 2.78 bits per heavy atom. The molecule has 1 aliphatic heterocycles. The first-order valence-electron chi connectivity index (χ1n) is 5.96. The third kappa shape index (κ3) is 1.96. The standard InChI is InChI=1S/C12H19N3O3/c1-7-10(11(17-3)15(2)14-7)8-5-13-6-9(8)12(16)18-4/h8-9,13H,5-6H2,1-4H3. The van der Waals surface area contributed by atoms with E-state index in [1.807, 2.05) is 14.0 Å². The van der Waals surface area contributed by atoms with Gasteiger partial charge in [0.2, 0.25) is 5.88 Å². The van der Waals surface area contributed by atoms with Crippen LogP contribution >= 0.6 is 0 Å². The lowest BCUT2D eigenvalue weighted by atomic mass is 9.89. The summed E-state index contributed by atoms with van der Waals surface area (Å²) in [6.45, 7) is 3.31. The quantitative estimate of drug-likeness (QED) is 0.780. The van der Waals surface area contributed by atoms with Gasteiger partial charge in [-0.1, -0.05) is 0 Å². The number of methoxy groups -OCH3 is 2. The second kappa shape index (κ2) is 4.97. The summed E-state index contributed by atoms with van der Waals surface area (Å²) in [6.07, 6.45) is 0. The van der Waals surface area contributed by atoms with Crippen molar-refractivity contribution in [1.82, 2.24) is 15.1 Å². The second-order valence-electron chi connectivity index (χ2n) is 4.53. The van der Waals surface area contributed by atoms with E-state index in [1.165, 1.54) is 7.11 Å². The summed E-state index contributed by atoms with van der Waals surface area (Å²) in [6, 6.07) is 0. The number of ether oxygens (including phenoxy) is 2. The molecule has 0 bridgehead atoms. The first-order valence-corrected chi connectivity index (χ1v) is 5.96. The van der Waals surface area contributed by atoms with Gasteiger partial charge < -0.3 is 14.8 Å². The average molecular weight is 253 g/mol. The van der Waals surface area contributed by atoms with Crippen LogP contribution in [0.25, 0.3) is 0 Å². The third-order valence-electron chi connectivity index (χ3n) is 3.50. The van der Waals surface area contributed by atoms with Crippen LogP contribution < -0.4 is 10.1 Å². The van der Waals surface area contributed by atoms with Crippen molar-refractivity contribution in [3.8, 4) is 5.88 Å². The van der Waals surface area contributed by atoms with Gasteiger partial charge in [0.15, 0.2) is 0 Å². The molecule has 1 aliphatic rings. The molecule has 1 aromatic heterocycles. The van der Waals surface area contributed by atoms with Crippen molar-refractivity contribution >= 4 is 5.97 Å². The number of carbonyl (C=O) groups excluding carboxylic acids is 1. The molecule has 1 saturated heterocycles. The summed E-state index contributed by atoms with van der Waals surface area (Å²) >= 11 is 0. The van der Waals surface area contributed by atoms with Gasteiger partial charge in [-0.05, 0) is 6.92 Å². The van der Waals surface area contributed by atoms with Crippen molar-refractivity contribution in [1.29, 1.82) is 0 Å². The Balaban J connectivity index is 2.38. The van der Waals surface area contributed by atoms with Crippen LogP contribution in [0.1, 0.15) is 17.2 Å². The summed E-state index contributed by atoms with van der Waals surface area (Å²) in [7, 11) is 4.88. The minimum absolute atomic E-state index is 0.0566. The number of esters is 1. The van der Waals surface area contributed by atoms with E-state index in [0.717, 1.165) is 23.7 Å². The lowest BCUT2D eigenvalue weighted by Crippen LogP contribution is -2.23. The maximum Gasteiger partial charge on any atom is 0.310 e. The zero-order valence-corrected chi connectivity index (χ0v) is 11.2. The van der Waals surface area contributed by atoms with Gasteiger partial charge in [0.1, 0.15) is 0 Å². The van der Waals surface area contributed by atoms with Gasteiger partial charge in [0.25, 0.3) is 0 Å². The lowest BCUT2D eigenvalue weighted by molar-refractivity contribution is -0.145. The SMILES string of the molecule is COC(=O)C1CNCC1c1c(C)nn(C)c1OC. The van der Waals surface area contributed by atoms with Gasteiger partial charge in [0.05, 0.1) is 25.8 Å². The van der Waals surface area contributed by atoms with Crippen LogP contribution in [-0.4, -0.2) is 43.1 Å². The van der Waals surface area contributed by atoms with E-state index in [9.17, 15) is 4.79 Å². The van der Waals surface area contributed by atoms with Crippen molar-refractivity contribution in [2.45, 2.75) is 12.8 Å². The van der Waals surface area contributed by atoms with E-state index in [2.05, 4.69) is 10.4 Å². The zero-order chi connectivity index (χ0) is 13.3. The van der Waals surface area contributed by atoms with Gasteiger partial charge in [-0.25, -0.2) is 4.68 Å². The summed E-state index contributed by atoms with van der Waals surface area (Å²) in [5, 5.41) is 7.59. The summed E-state index contributed by atoms with van der Waals surface area (Å²) < 4.78 is 12.0. The molecular formula is C12H19N3O3. The molecule has 1 N–H and O–H groups in total. The van der Waals surface area contributed by atoms with Crippen molar-refractivity contribution < 1.29 is 14.3 Å². The maximum absolute atomic E-state index is 11.8. The predicted octanol–water partition coefficient (Wildman–Crippen LogP) is 0.213. The van der Waals surface area contributed by atoms with Crippen molar-refractivity contribution in [3.63, 3.8) is 0 Å². The van der Waals surface area contributed by atoms with Gasteiger partial charge >= 0.3 is 5.97 Å². The number of carbonyl (C=O) groups is 1. The van der Waals surface area contributed by atoms with E-state index in [1.54, 1.807) is 11.8 Å². The minimum Gasteiger partial charge on any atom is -0.481 e. The molecule has 6 heteroatoms. The average Bonchev–Trinajstić information content (AvgIpc) is 2.91. The van der Waals surface area contributed by atoms with Crippen LogP contribution in [0, 0.1) is 12.8 Å². The largest absolute Gasteiger partial charge is 0.481 e. The number of rotatable bonds is 3. The van der Waals surface area contributed by atoms with Crippen LogP contribution in [0.5, 0.6) is 5.88 Å². The van der Waals surface area contributed by atoms with Crippen molar-refractivity contribution in [3.05, 3.63) is 11.3 Å². The maximum atomic E-state index is 11.8. The number of aromatic nitrogens is 2. The number of nitrogens with zero attached hydrogens (tertiary/aromatic N) is 2. The Morgan fingerprint density at radius 2 is 2.17 bits per heavy atom.